The normalized spacial score (nSPS) is 18.1. The first-order chi connectivity index (χ1) is 14.5. The lowest BCUT2D eigenvalue weighted by Crippen LogP contribution is -2.49. The Morgan fingerprint density at radius 1 is 1.03 bits per heavy atom. The number of hydrogen-bond donors (Lipinski definition) is 1. The molecule has 1 N–H and O–H groups in total. The van der Waals surface area contributed by atoms with Crippen molar-refractivity contribution in [1.29, 1.82) is 0 Å². The highest BCUT2D eigenvalue weighted by Gasteiger charge is 2.28. The number of carbonyl (C=O) groups is 2. The van der Waals surface area contributed by atoms with E-state index in [1.807, 2.05) is 41.3 Å². The van der Waals surface area contributed by atoms with Crippen LogP contribution in [0.25, 0.3) is 0 Å². The highest BCUT2D eigenvalue weighted by Crippen LogP contribution is 2.24. The number of benzene rings is 2. The van der Waals surface area contributed by atoms with Gasteiger partial charge in [-0.15, -0.1) is 0 Å². The van der Waals surface area contributed by atoms with Crippen molar-refractivity contribution in [3.63, 3.8) is 0 Å². The molecule has 3 amide bonds. The number of urea groups is 1. The third kappa shape index (κ3) is 4.60. The van der Waals surface area contributed by atoms with Crippen molar-refractivity contribution < 1.29 is 14.7 Å². The molecule has 158 valence electrons. The SMILES string of the molecule is O=C(c1cccc(N2CCCN(Cc3ccc(Cl)cc3)C2=O)c1)N1CCC(O)CC1. The van der Waals surface area contributed by atoms with Crippen molar-refractivity contribution in [2.24, 2.45) is 0 Å². The molecule has 2 aromatic carbocycles. The summed E-state index contributed by atoms with van der Waals surface area (Å²) in [5.41, 5.74) is 2.35. The van der Waals surface area contributed by atoms with Crippen LogP contribution in [0.3, 0.4) is 0 Å². The number of nitrogens with zero attached hydrogens (tertiary/aromatic N) is 3. The third-order valence-electron chi connectivity index (χ3n) is 5.75. The Hall–Kier alpha value is -2.57. The molecular weight excluding hydrogens is 402 g/mol. The fourth-order valence-corrected chi connectivity index (χ4v) is 4.16. The Bertz CT molecular complexity index is 910. The van der Waals surface area contributed by atoms with Gasteiger partial charge in [-0.2, -0.15) is 0 Å². The first-order valence-corrected chi connectivity index (χ1v) is 10.8. The van der Waals surface area contributed by atoms with Crippen LogP contribution < -0.4 is 4.90 Å². The van der Waals surface area contributed by atoms with Crippen molar-refractivity contribution in [3.8, 4) is 0 Å². The number of carbonyl (C=O) groups excluding carboxylic acids is 2. The topological polar surface area (TPSA) is 64.1 Å². The number of amides is 3. The van der Waals surface area contributed by atoms with Crippen LogP contribution in [0.5, 0.6) is 0 Å². The lowest BCUT2D eigenvalue weighted by molar-refractivity contribution is 0.0546. The van der Waals surface area contributed by atoms with Gasteiger partial charge in [0.2, 0.25) is 0 Å². The molecule has 0 radical (unpaired) electrons. The summed E-state index contributed by atoms with van der Waals surface area (Å²) < 4.78 is 0. The summed E-state index contributed by atoms with van der Waals surface area (Å²) in [6.07, 6.45) is 1.75. The standard InChI is InChI=1S/C23H26ClN3O3/c24-19-7-5-17(6-8-19)16-26-11-2-12-27(23(26)30)20-4-1-3-18(15-20)22(29)25-13-9-21(28)10-14-25/h1,3-8,15,21,28H,2,9-14,16H2. The number of piperidine rings is 1. The first kappa shape index (κ1) is 20.7. The number of anilines is 1. The molecule has 0 bridgehead atoms. The fourth-order valence-electron chi connectivity index (χ4n) is 4.04. The van der Waals surface area contributed by atoms with Crippen LogP contribution in [-0.4, -0.2) is 59.1 Å². The summed E-state index contributed by atoms with van der Waals surface area (Å²) in [7, 11) is 0. The van der Waals surface area contributed by atoms with Gasteiger partial charge in [-0.3, -0.25) is 9.69 Å². The van der Waals surface area contributed by atoms with Gasteiger partial charge >= 0.3 is 6.03 Å². The smallest absolute Gasteiger partial charge is 0.324 e. The Morgan fingerprint density at radius 3 is 2.50 bits per heavy atom. The molecule has 2 saturated heterocycles. The lowest BCUT2D eigenvalue weighted by atomic mass is 10.1. The van der Waals surface area contributed by atoms with Gasteiger partial charge in [0.25, 0.3) is 5.91 Å². The van der Waals surface area contributed by atoms with E-state index < -0.39 is 0 Å². The van der Waals surface area contributed by atoms with Gasteiger partial charge in [-0.05, 0) is 55.2 Å². The molecular formula is C23H26ClN3O3. The first-order valence-electron chi connectivity index (χ1n) is 10.4. The molecule has 0 atom stereocenters. The zero-order valence-corrected chi connectivity index (χ0v) is 17.6. The predicted molar refractivity (Wildman–Crippen MR) is 117 cm³/mol. The van der Waals surface area contributed by atoms with Gasteiger partial charge in [-0.25, -0.2) is 4.79 Å². The Balaban J connectivity index is 1.47. The second-order valence-electron chi connectivity index (χ2n) is 7.91. The van der Waals surface area contributed by atoms with E-state index in [4.69, 9.17) is 11.6 Å². The Labute approximate surface area is 181 Å². The van der Waals surface area contributed by atoms with Crippen LogP contribution in [-0.2, 0) is 6.54 Å². The number of halogens is 1. The van der Waals surface area contributed by atoms with Crippen LogP contribution in [0.2, 0.25) is 5.02 Å². The van der Waals surface area contributed by atoms with Crippen LogP contribution in [0.15, 0.2) is 48.5 Å². The van der Waals surface area contributed by atoms with Crippen LogP contribution in [0.1, 0.15) is 35.2 Å². The monoisotopic (exact) mass is 427 g/mol. The van der Waals surface area contributed by atoms with Gasteiger partial charge < -0.3 is 14.9 Å². The van der Waals surface area contributed by atoms with Gasteiger partial charge in [0, 0.05) is 49.0 Å². The number of aliphatic hydroxyl groups excluding tert-OH is 1. The molecule has 4 rings (SSSR count). The summed E-state index contributed by atoms with van der Waals surface area (Å²) in [4.78, 5) is 31.3. The van der Waals surface area contributed by atoms with E-state index >= 15 is 0 Å². The largest absolute Gasteiger partial charge is 0.393 e. The third-order valence-corrected chi connectivity index (χ3v) is 6.01. The summed E-state index contributed by atoms with van der Waals surface area (Å²) in [6.45, 7) is 2.97. The quantitative estimate of drug-likeness (QED) is 0.807. The minimum absolute atomic E-state index is 0.0498. The van der Waals surface area contributed by atoms with Gasteiger partial charge in [0.1, 0.15) is 0 Å². The molecule has 2 heterocycles. The molecule has 0 aromatic heterocycles. The van der Waals surface area contributed by atoms with E-state index in [1.165, 1.54) is 0 Å². The molecule has 2 aliphatic heterocycles. The van der Waals surface area contributed by atoms with Gasteiger partial charge in [0.05, 0.1) is 6.10 Å². The second kappa shape index (κ2) is 9.06. The highest BCUT2D eigenvalue weighted by molar-refractivity contribution is 6.30. The van der Waals surface area contributed by atoms with Crippen molar-refractivity contribution in [2.75, 3.05) is 31.1 Å². The molecule has 30 heavy (non-hydrogen) atoms. The molecule has 6 nitrogen and oxygen atoms in total. The van der Waals surface area contributed by atoms with Gasteiger partial charge in [-0.1, -0.05) is 29.8 Å². The van der Waals surface area contributed by atoms with E-state index in [2.05, 4.69) is 0 Å². The van der Waals surface area contributed by atoms with Crippen molar-refractivity contribution in [2.45, 2.75) is 31.9 Å². The highest BCUT2D eigenvalue weighted by atomic mass is 35.5. The number of likely N-dealkylation sites (tertiary alicyclic amines) is 1. The Morgan fingerprint density at radius 2 is 1.77 bits per heavy atom. The maximum Gasteiger partial charge on any atom is 0.324 e. The lowest BCUT2D eigenvalue weighted by Gasteiger charge is -2.36. The van der Waals surface area contributed by atoms with Crippen LogP contribution >= 0.6 is 11.6 Å². The molecule has 0 aliphatic carbocycles. The van der Waals surface area contributed by atoms with Crippen LogP contribution in [0.4, 0.5) is 10.5 Å². The molecule has 2 fully saturated rings. The fraction of sp³-hybridized carbons (Fsp3) is 0.391. The van der Waals surface area contributed by atoms with E-state index in [0.717, 1.165) is 17.7 Å². The number of hydrogen-bond acceptors (Lipinski definition) is 3. The molecule has 7 heteroatoms. The maximum absolute atomic E-state index is 13.1. The van der Waals surface area contributed by atoms with E-state index in [-0.39, 0.29) is 18.0 Å². The molecule has 2 aliphatic rings. The van der Waals surface area contributed by atoms with E-state index in [9.17, 15) is 14.7 Å². The number of aliphatic hydroxyl groups is 1. The molecule has 2 aromatic rings. The average molecular weight is 428 g/mol. The van der Waals surface area contributed by atoms with Crippen LogP contribution in [0, 0.1) is 0 Å². The predicted octanol–water partition coefficient (Wildman–Crippen LogP) is 3.77. The zero-order chi connectivity index (χ0) is 21.1. The average Bonchev–Trinajstić information content (AvgIpc) is 2.77. The molecule has 0 unspecified atom stereocenters. The summed E-state index contributed by atoms with van der Waals surface area (Å²) in [5, 5.41) is 10.3. The van der Waals surface area contributed by atoms with Crippen molar-refractivity contribution in [3.05, 3.63) is 64.7 Å². The maximum atomic E-state index is 13.1. The minimum atomic E-state index is -0.321. The molecule has 0 spiro atoms. The van der Waals surface area contributed by atoms with E-state index in [1.54, 1.807) is 21.9 Å². The summed E-state index contributed by atoms with van der Waals surface area (Å²) >= 11 is 5.96. The van der Waals surface area contributed by atoms with Crippen molar-refractivity contribution in [1.82, 2.24) is 9.80 Å². The van der Waals surface area contributed by atoms with Crippen molar-refractivity contribution >= 4 is 29.2 Å². The number of rotatable bonds is 4. The zero-order valence-electron chi connectivity index (χ0n) is 16.8. The summed E-state index contributed by atoms with van der Waals surface area (Å²) in [5.74, 6) is -0.0498. The summed E-state index contributed by atoms with van der Waals surface area (Å²) in [6, 6.07) is 14.8. The van der Waals surface area contributed by atoms with Gasteiger partial charge in [0.15, 0.2) is 0 Å². The second-order valence-corrected chi connectivity index (χ2v) is 8.35. The molecule has 0 saturated carbocycles. The van der Waals surface area contributed by atoms with E-state index in [0.29, 0.717) is 56.2 Å². The minimum Gasteiger partial charge on any atom is -0.393 e. The Kier molecular flexibility index (Phi) is 6.25.